The molecule has 0 aliphatic carbocycles. The van der Waals surface area contributed by atoms with Gasteiger partial charge in [0, 0.05) is 11.3 Å². The normalized spacial score (nSPS) is 12.0. The van der Waals surface area contributed by atoms with E-state index < -0.39 is 0 Å². The van der Waals surface area contributed by atoms with Crippen LogP contribution in [0.25, 0.3) is 0 Å². The molecule has 0 aromatic heterocycles. The maximum atomic E-state index is 5.88. The quantitative estimate of drug-likeness (QED) is 0.612. The van der Waals surface area contributed by atoms with Gasteiger partial charge in [-0.05, 0) is 26.0 Å². The van der Waals surface area contributed by atoms with E-state index in [0.29, 0.717) is 0 Å². The molecular formula is C11H25NS. The maximum Gasteiger partial charge on any atom is 0.0188 e. The highest BCUT2D eigenvalue weighted by atomic mass is 32.2. The zero-order valence-corrected chi connectivity index (χ0v) is 10.3. The van der Waals surface area contributed by atoms with Crippen molar-refractivity contribution >= 4 is 11.8 Å². The van der Waals surface area contributed by atoms with Gasteiger partial charge in [-0.3, -0.25) is 0 Å². The minimum atomic E-state index is 0.00802. The molecule has 0 spiro atoms. The molecule has 0 unspecified atom stereocenters. The number of hydrogen-bond donors (Lipinski definition) is 1. The van der Waals surface area contributed by atoms with Gasteiger partial charge >= 0.3 is 0 Å². The van der Waals surface area contributed by atoms with Gasteiger partial charge in [-0.1, -0.05) is 32.6 Å². The molecule has 0 bridgehead atoms. The lowest BCUT2D eigenvalue weighted by Crippen LogP contribution is -2.34. The van der Waals surface area contributed by atoms with Gasteiger partial charge in [-0.2, -0.15) is 11.8 Å². The van der Waals surface area contributed by atoms with Crippen LogP contribution in [0.4, 0.5) is 0 Å². The van der Waals surface area contributed by atoms with Gasteiger partial charge in [0.1, 0.15) is 0 Å². The van der Waals surface area contributed by atoms with Crippen LogP contribution in [-0.4, -0.2) is 17.0 Å². The third kappa shape index (κ3) is 12.3. The molecule has 0 aromatic carbocycles. The van der Waals surface area contributed by atoms with E-state index in [4.69, 9.17) is 5.73 Å². The van der Waals surface area contributed by atoms with E-state index in [2.05, 4.69) is 20.8 Å². The molecule has 2 heteroatoms. The Morgan fingerprint density at radius 3 is 2.23 bits per heavy atom. The number of rotatable bonds is 8. The Kier molecular flexibility index (Phi) is 7.87. The maximum absolute atomic E-state index is 5.88. The van der Waals surface area contributed by atoms with Crippen molar-refractivity contribution in [2.75, 3.05) is 11.5 Å². The lowest BCUT2D eigenvalue weighted by Gasteiger charge is -2.17. The summed E-state index contributed by atoms with van der Waals surface area (Å²) in [4.78, 5) is 0. The van der Waals surface area contributed by atoms with Crippen molar-refractivity contribution in [1.82, 2.24) is 0 Å². The third-order valence-electron chi connectivity index (χ3n) is 1.87. The monoisotopic (exact) mass is 203 g/mol. The Morgan fingerprint density at radius 1 is 1.08 bits per heavy atom. The smallest absolute Gasteiger partial charge is 0.0188 e. The summed E-state index contributed by atoms with van der Waals surface area (Å²) in [6.45, 7) is 6.44. The molecule has 0 fully saturated rings. The Labute approximate surface area is 87.9 Å². The van der Waals surface area contributed by atoms with E-state index >= 15 is 0 Å². The van der Waals surface area contributed by atoms with Crippen LogP contribution >= 0.6 is 11.8 Å². The van der Waals surface area contributed by atoms with Crippen LogP contribution in [-0.2, 0) is 0 Å². The van der Waals surface area contributed by atoms with Crippen LogP contribution in [0.1, 0.15) is 52.9 Å². The van der Waals surface area contributed by atoms with E-state index in [1.54, 1.807) is 0 Å². The van der Waals surface area contributed by atoms with Crippen LogP contribution in [0.5, 0.6) is 0 Å². The molecule has 0 radical (unpaired) electrons. The number of unbranched alkanes of at least 4 members (excludes halogenated alkanes) is 4. The highest BCUT2D eigenvalue weighted by molar-refractivity contribution is 7.99. The first-order valence-electron chi connectivity index (χ1n) is 5.43. The summed E-state index contributed by atoms with van der Waals surface area (Å²) in [6.07, 6.45) is 6.89. The van der Waals surface area contributed by atoms with Gasteiger partial charge < -0.3 is 5.73 Å². The average Bonchev–Trinajstić information content (AvgIpc) is 2.01. The van der Waals surface area contributed by atoms with Crippen molar-refractivity contribution < 1.29 is 0 Å². The topological polar surface area (TPSA) is 26.0 Å². The second-order valence-electron chi connectivity index (χ2n) is 4.46. The van der Waals surface area contributed by atoms with E-state index in [1.165, 1.54) is 37.9 Å². The Morgan fingerprint density at radius 2 is 1.69 bits per heavy atom. The van der Waals surface area contributed by atoms with Gasteiger partial charge in [0.05, 0.1) is 0 Å². The lowest BCUT2D eigenvalue weighted by atomic mass is 10.1. The third-order valence-corrected chi connectivity index (χ3v) is 3.39. The summed E-state index contributed by atoms with van der Waals surface area (Å²) >= 11 is 1.99. The average molecular weight is 203 g/mol. The summed E-state index contributed by atoms with van der Waals surface area (Å²) in [5.41, 5.74) is 5.89. The molecular weight excluding hydrogens is 178 g/mol. The zero-order valence-electron chi connectivity index (χ0n) is 9.44. The molecule has 0 saturated carbocycles. The molecule has 1 nitrogen and oxygen atoms in total. The molecule has 0 amide bonds. The number of thioether (sulfide) groups is 1. The SMILES string of the molecule is CCCCCCCSCC(C)(C)N. The predicted octanol–water partition coefficient (Wildman–Crippen LogP) is 3.43. The van der Waals surface area contributed by atoms with Crippen LogP contribution in [0.15, 0.2) is 0 Å². The van der Waals surface area contributed by atoms with Gasteiger partial charge in [-0.15, -0.1) is 0 Å². The molecule has 0 heterocycles. The fraction of sp³-hybridized carbons (Fsp3) is 1.00. The number of nitrogens with two attached hydrogens (primary N) is 1. The standard InChI is InChI=1S/C11H25NS/c1-4-5-6-7-8-9-13-10-11(2,3)12/h4-10,12H2,1-3H3. The molecule has 0 atom stereocenters. The summed E-state index contributed by atoms with van der Waals surface area (Å²) in [7, 11) is 0. The molecule has 2 N–H and O–H groups in total. The first-order chi connectivity index (χ1) is 6.06. The van der Waals surface area contributed by atoms with E-state index in [0.717, 1.165) is 5.75 Å². The van der Waals surface area contributed by atoms with Crippen LogP contribution < -0.4 is 5.73 Å². The van der Waals surface area contributed by atoms with E-state index in [1.807, 2.05) is 11.8 Å². The summed E-state index contributed by atoms with van der Waals surface area (Å²) in [5.74, 6) is 2.37. The van der Waals surface area contributed by atoms with Gasteiger partial charge in [0.15, 0.2) is 0 Å². The molecule has 0 aliphatic rings. The minimum absolute atomic E-state index is 0.00802. The largest absolute Gasteiger partial charge is 0.325 e. The Balaban J connectivity index is 3.00. The summed E-state index contributed by atoms with van der Waals surface area (Å²) < 4.78 is 0. The minimum Gasteiger partial charge on any atom is -0.325 e. The molecule has 80 valence electrons. The lowest BCUT2D eigenvalue weighted by molar-refractivity contribution is 0.590. The Hall–Kier alpha value is 0.310. The summed E-state index contributed by atoms with van der Waals surface area (Å²) in [6, 6.07) is 0. The predicted molar refractivity (Wildman–Crippen MR) is 64.4 cm³/mol. The van der Waals surface area contributed by atoms with Gasteiger partial charge in [0.25, 0.3) is 0 Å². The van der Waals surface area contributed by atoms with E-state index in [9.17, 15) is 0 Å². The second-order valence-corrected chi connectivity index (χ2v) is 5.56. The van der Waals surface area contributed by atoms with Crippen LogP contribution in [0.3, 0.4) is 0 Å². The first-order valence-corrected chi connectivity index (χ1v) is 6.58. The fourth-order valence-electron chi connectivity index (χ4n) is 1.14. The molecule has 0 aromatic rings. The highest BCUT2D eigenvalue weighted by Gasteiger charge is 2.09. The molecule has 13 heavy (non-hydrogen) atoms. The van der Waals surface area contributed by atoms with Crippen molar-refractivity contribution in [3.05, 3.63) is 0 Å². The second kappa shape index (κ2) is 7.69. The van der Waals surface area contributed by atoms with Crippen molar-refractivity contribution in [1.29, 1.82) is 0 Å². The van der Waals surface area contributed by atoms with Crippen LogP contribution in [0.2, 0.25) is 0 Å². The highest BCUT2D eigenvalue weighted by Crippen LogP contribution is 2.13. The van der Waals surface area contributed by atoms with Crippen molar-refractivity contribution in [3.8, 4) is 0 Å². The first kappa shape index (κ1) is 13.3. The van der Waals surface area contributed by atoms with Crippen LogP contribution in [0, 0.1) is 0 Å². The Bertz CT molecular complexity index is 107. The molecule has 0 saturated heterocycles. The van der Waals surface area contributed by atoms with E-state index in [-0.39, 0.29) is 5.54 Å². The van der Waals surface area contributed by atoms with Gasteiger partial charge in [0.2, 0.25) is 0 Å². The van der Waals surface area contributed by atoms with Gasteiger partial charge in [-0.25, -0.2) is 0 Å². The van der Waals surface area contributed by atoms with Crippen molar-refractivity contribution in [2.45, 2.75) is 58.4 Å². The number of hydrogen-bond acceptors (Lipinski definition) is 2. The molecule has 0 rings (SSSR count). The molecule has 0 aliphatic heterocycles. The van der Waals surface area contributed by atoms with Crippen molar-refractivity contribution in [3.63, 3.8) is 0 Å². The summed E-state index contributed by atoms with van der Waals surface area (Å²) in [5, 5.41) is 0. The van der Waals surface area contributed by atoms with Crippen molar-refractivity contribution in [2.24, 2.45) is 5.73 Å². The fourth-order valence-corrected chi connectivity index (χ4v) is 2.22. The zero-order chi connectivity index (χ0) is 10.2.